The zero-order valence-electron chi connectivity index (χ0n) is 49.6. The van der Waals surface area contributed by atoms with Crippen molar-refractivity contribution in [3.05, 3.63) is 72.3 Å². The van der Waals surface area contributed by atoms with Crippen LogP contribution in [0.1, 0.15) is 101 Å². The predicted molar refractivity (Wildman–Crippen MR) is 336 cm³/mol. The number of unbranched alkanes of at least 4 members (excludes halogenated alkanes) is 4. The van der Waals surface area contributed by atoms with Crippen LogP contribution in [-0.2, 0) is 60.8 Å². The first kappa shape index (κ1) is 76.0. The fraction of sp³-hybridized carbons (Fsp3) is 0.579. The van der Waals surface area contributed by atoms with Crippen LogP contribution in [0.15, 0.2) is 61.2 Å². The topological polar surface area (TPSA) is 474 Å². The molecule has 0 heterocycles. The lowest BCUT2D eigenvalue weighted by Crippen LogP contribution is -2.69. The van der Waals surface area contributed by atoms with E-state index in [9.17, 15) is 58.2 Å². The molecule has 0 saturated heterocycles. The van der Waals surface area contributed by atoms with Gasteiger partial charge >= 0.3 is 0 Å². The summed E-state index contributed by atoms with van der Waals surface area (Å²) in [6.07, 6.45) is 5.03. The third-order valence-electron chi connectivity index (χ3n) is 13.7. The highest BCUT2D eigenvalue weighted by atomic mass is 32.1. The van der Waals surface area contributed by atoms with Crippen molar-refractivity contribution in [2.75, 3.05) is 70.4 Å². The summed E-state index contributed by atoms with van der Waals surface area (Å²) in [5.74, 6) is -4.56. The molecule has 10 amide bonds. The predicted octanol–water partition coefficient (Wildman–Crippen LogP) is -3.20. The summed E-state index contributed by atoms with van der Waals surface area (Å²) in [5, 5.41) is 51.2. The average Bonchev–Trinajstić information content (AvgIpc) is 3.70. The van der Waals surface area contributed by atoms with Gasteiger partial charge < -0.3 is 86.7 Å². The third-order valence-corrected chi connectivity index (χ3v) is 14.4. The van der Waals surface area contributed by atoms with Crippen LogP contribution in [0.5, 0.6) is 11.5 Å². The fourth-order valence-corrected chi connectivity index (χ4v) is 9.19. The lowest BCUT2D eigenvalue weighted by Gasteiger charge is -2.36. The van der Waals surface area contributed by atoms with E-state index < -0.39 is 82.8 Å². The van der Waals surface area contributed by atoms with Crippen molar-refractivity contribution in [1.82, 2.24) is 58.5 Å². The zero-order chi connectivity index (χ0) is 64.6. The van der Waals surface area contributed by atoms with E-state index in [2.05, 4.69) is 90.3 Å². The van der Waals surface area contributed by atoms with E-state index in [1.54, 1.807) is 24.3 Å². The van der Waals surface area contributed by atoms with Gasteiger partial charge in [0.25, 0.3) is 0 Å². The second-order valence-corrected chi connectivity index (χ2v) is 21.6. The Balaban J connectivity index is 1.94. The molecule has 23 N–H and O–H groups in total. The number of nitrogens with two attached hydrogens (primary N) is 5. The largest absolute Gasteiger partial charge is 0.508 e. The number of hydrogen-bond donors (Lipinski definition) is 20. The summed E-state index contributed by atoms with van der Waals surface area (Å²) in [4.78, 5) is 127. The van der Waals surface area contributed by atoms with Gasteiger partial charge in [0.05, 0.1) is 0 Å². The normalized spacial score (nSPS) is 13.8. The van der Waals surface area contributed by atoms with Gasteiger partial charge in [-0.3, -0.25) is 58.6 Å². The Labute approximate surface area is 519 Å². The maximum Gasteiger partial charge on any atom is 0.242 e. The van der Waals surface area contributed by atoms with Crippen molar-refractivity contribution in [3.63, 3.8) is 0 Å². The van der Waals surface area contributed by atoms with Gasteiger partial charge in [-0.1, -0.05) is 49.8 Å². The second kappa shape index (κ2) is 42.7. The summed E-state index contributed by atoms with van der Waals surface area (Å²) >= 11 is 8.04. The Morgan fingerprint density at radius 2 is 0.874 bits per heavy atom. The summed E-state index contributed by atoms with van der Waals surface area (Å²) < 4.78 is 0. The molecule has 0 radical (unpaired) electrons. The number of hydrogen-bond acceptors (Lipinski definition) is 20. The molecule has 5 unspecified atom stereocenters. The summed E-state index contributed by atoms with van der Waals surface area (Å²) in [6, 6.07) is 8.69. The lowest BCUT2D eigenvalue weighted by atomic mass is 10.0. The second-order valence-electron chi connectivity index (χ2n) is 20.9. The van der Waals surface area contributed by atoms with Crippen molar-refractivity contribution >= 4 is 84.3 Å². The molecule has 0 aromatic heterocycles. The van der Waals surface area contributed by atoms with E-state index in [-0.39, 0.29) is 145 Å². The molecule has 2 aromatic carbocycles. The van der Waals surface area contributed by atoms with Crippen molar-refractivity contribution in [2.45, 2.75) is 138 Å². The highest BCUT2D eigenvalue weighted by Gasteiger charge is 2.32. The fourth-order valence-electron chi connectivity index (χ4n) is 8.65. The molecule has 0 aliphatic rings. The molecule has 0 spiro atoms. The SMILES string of the molecule is C=CC(CN)(NCCNC(CN)(CNCCN)NC(=O)CCCC(=O)NC(Cc1ccc(O)cc1)C(=O)NCCCCCC(=O)NC(CS)C(N)=O)NC(=O)CCCC(=O)NC(Cc1ccc(O)cc1)C(=O)NCCCCCC(=O)N[C@@H](CS)C(N)=O. The Kier molecular flexibility index (Phi) is 37.3. The number of primary amides is 2. The maximum absolute atomic E-state index is 13.5. The van der Waals surface area contributed by atoms with Gasteiger partial charge in [-0.05, 0) is 73.9 Å². The highest BCUT2D eigenvalue weighted by Crippen LogP contribution is 2.15. The minimum absolute atomic E-state index is 0.0314. The van der Waals surface area contributed by atoms with Crippen LogP contribution in [-0.4, -0.2) is 175 Å². The van der Waals surface area contributed by atoms with Gasteiger partial charge in [0, 0.05) is 122 Å². The Morgan fingerprint density at radius 3 is 1.25 bits per heavy atom. The van der Waals surface area contributed by atoms with Crippen LogP contribution in [0.2, 0.25) is 0 Å². The lowest BCUT2D eigenvalue weighted by molar-refractivity contribution is -0.129. The van der Waals surface area contributed by atoms with E-state index >= 15 is 0 Å². The van der Waals surface area contributed by atoms with Crippen molar-refractivity contribution in [3.8, 4) is 11.5 Å². The number of thiol groups is 2. The minimum Gasteiger partial charge on any atom is -0.508 e. The van der Waals surface area contributed by atoms with Gasteiger partial charge in [0.15, 0.2) is 0 Å². The third kappa shape index (κ3) is 31.9. The first-order valence-corrected chi connectivity index (χ1v) is 30.5. The number of nitrogens with one attached hydrogen (secondary N) is 11. The standard InChI is InChI=1S/C57H94N16O12S2/c1-2-56(35-59,72-50(80)15-9-13-48(78)68-42(31-38-17-21-40(74)22-18-38)54(84)64-26-7-3-5-11-46(76)70-44(33-86)52(61)82)66-29-30-67-57(36-60,37-63-28-25-58)73-51(81)16-10-14-49(79)69-43(32-39-19-23-41(75)24-20-39)55(85)65-27-8-4-6-12-47(77)71-45(34-87)53(62)83/h2,17-24,42-45,63,66-67,74-75,86-87H,1,3-16,25-37,58-60H2,(H2,61,82)(H2,62,83)(H,64,84)(H,65,85)(H,68,78)(H,69,79)(H,70,76)(H,71,77)(H,72,80)(H,73,81)/t42?,43?,44-,45?,56?,57?/m0/s1. The van der Waals surface area contributed by atoms with Crippen LogP contribution in [0, 0.1) is 0 Å². The number of rotatable bonds is 48. The van der Waals surface area contributed by atoms with Crippen molar-refractivity contribution in [2.24, 2.45) is 28.7 Å². The summed E-state index contributed by atoms with van der Waals surface area (Å²) in [5.41, 5.74) is 27.5. The molecule has 0 saturated carbocycles. The number of benzene rings is 2. The minimum atomic E-state index is -1.29. The number of phenolic OH excluding ortho intramolecular Hbond substituents is 2. The van der Waals surface area contributed by atoms with E-state index in [0.717, 1.165) is 0 Å². The number of amides is 10. The number of phenols is 2. The smallest absolute Gasteiger partial charge is 0.242 e. The molecule has 0 fully saturated rings. The van der Waals surface area contributed by atoms with E-state index in [1.165, 1.54) is 30.3 Å². The molecule has 2 aromatic rings. The molecule has 0 aliphatic carbocycles. The molecule has 2 rings (SSSR count). The molecule has 87 heavy (non-hydrogen) atoms. The van der Waals surface area contributed by atoms with Gasteiger partial charge in [0.2, 0.25) is 59.1 Å². The first-order chi connectivity index (χ1) is 41.6. The van der Waals surface area contributed by atoms with Crippen LogP contribution in [0.3, 0.4) is 0 Å². The average molecular weight is 1260 g/mol. The van der Waals surface area contributed by atoms with Crippen LogP contribution in [0.25, 0.3) is 0 Å². The molecule has 30 heteroatoms. The molecule has 0 aliphatic heterocycles. The van der Waals surface area contributed by atoms with Crippen molar-refractivity contribution in [1.29, 1.82) is 0 Å². The Hall–Kier alpha value is -7.06. The molecule has 28 nitrogen and oxygen atoms in total. The van der Waals surface area contributed by atoms with Crippen LogP contribution < -0.4 is 87.2 Å². The monoisotopic (exact) mass is 1260 g/mol. The number of carbonyl (C=O) groups excluding carboxylic acids is 10. The van der Waals surface area contributed by atoms with E-state index in [1.807, 2.05) is 0 Å². The van der Waals surface area contributed by atoms with E-state index in [4.69, 9.17) is 28.7 Å². The quantitative estimate of drug-likeness (QED) is 0.0134. The Bertz CT molecular complexity index is 2500. The van der Waals surface area contributed by atoms with Crippen LogP contribution >= 0.6 is 25.3 Å². The molecule has 0 bridgehead atoms. The molecular weight excluding hydrogens is 1160 g/mol. The molecule has 6 atom stereocenters. The van der Waals surface area contributed by atoms with Gasteiger partial charge in [-0.25, -0.2) is 0 Å². The van der Waals surface area contributed by atoms with Crippen molar-refractivity contribution < 1.29 is 58.2 Å². The maximum atomic E-state index is 13.5. The zero-order valence-corrected chi connectivity index (χ0v) is 51.4. The number of carbonyl (C=O) groups is 10. The van der Waals surface area contributed by atoms with Gasteiger partial charge in [-0.2, -0.15) is 25.3 Å². The van der Waals surface area contributed by atoms with Gasteiger partial charge in [0.1, 0.15) is 47.0 Å². The van der Waals surface area contributed by atoms with E-state index in [0.29, 0.717) is 62.7 Å². The Morgan fingerprint density at radius 1 is 0.483 bits per heavy atom. The summed E-state index contributed by atoms with van der Waals surface area (Å²) in [6.45, 7) is 5.40. The van der Waals surface area contributed by atoms with Gasteiger partial charge in [-0.15, -0.1) is 0 Å². The van der Waals surface area contributed by atoms with Crippen LogP contribution in [0.4, 0.5) is 0 Å². The first-order valence-electron chi connectivity index (χ1n) is 29.2. The summed E-state index contributed by atoms with van der Waals surface area (Å²) in [7, 11) is 0. The molecular formula is C57H94N16O12S2. The number of aromatic hydroxyl groups is 2. The highest BCUT2D eigenvalue weighted by molar-refractivity contribution is 7.80. The molecule has 486 valence electrons.